The minimum absolute atomic E-state index is 0.0162. The molecule has 0 bridgehead atoms. The third-order valence-electron chi connectivity index (χ3n) is 4.18. The molecule has 0 saturated carbocycles. The van der Waals surface area contributed by atoms with Gasteiger partial charge in [-0.1, -0.05) is 29.5 Å². The van der Waals surface area contributed by atoms with Gasteiger partial charge in [0.05, 0.1) is 4.53 Å². The number of anilines is 1. The van der Waals surface area contributed by atoms with Crippen LogP contribution in [0.1, 0.15) is 22.8 Å². The average Bonchev–Trinajstić information content (AvgIpc) is 2.98. The van der Waals surface area contributed by atoms with E-state index < -0.39 is 0 Å². The molecule has 0 spiro atoms. The average molecular weight is 364 g/mol. The Labute approximate surface area is 153 Å². The second kappa shape index (κ2) is 6.68. The van der Waals surface area contributed by atoms with Gasteiger partial charge in [-0.25, -0.2) is 4.99 Å². The maximum Gasteiger partial charge on any atom is 0.271 e. The van der Waals surface area contributed by atoms with Crippen molar-refractivity contribution in [2.45, 2.75) is 13.6 Å². The second-order valence-corrected chi connectivity index (χ2v) is 7.01. The van der Waals surface area contributed by atoms with Gasteiger partial charge in [0.15, 0.2) is 10.6 Å². The molecule has 0 N–H and O–H groups in total. The van der Waals surface area contributed by atoms with Crippen molar-refractivity contribution in [2.24, 2.45) is 4.99 Å². The number of Topliss-reactive ketones (excluding diaryl/α,β-unsaturated/α-hetero) is 1. The Kier molecular flexibility index (Phi) is 4.22. The summed E-state index contributed by atoms with van der Waals surface area (Å²) in [6.45, 7) is 2.41. The van der Waals surface area contributed by atoms with Crippen molar-refractivity contribution in [2.75, 3.05) is 11.6 Å². The van der Waals surface area contributed by atoms with Crippen molar-refractivity contribution in [3.05, 3.63) is 79.6 Å². The summed E-state index contributed by atoms with van der Waals surface area (Å²) >= 11 is 1.38. The highest BCUT2D eigenvalue weighted by Crippen LogP contribution is 2.18. The number of carbonyl (C=O) groups is 1. The van der Waals surface area contributed by atoms with Gasteiger partial charge in [-0.2, -0.15) is 0 Å². The number of pyridine rings is 1. The standard InChI is InChI=1S/C19H16N4O2S/c1-13(24)15-5-2-6-16(9-15)22-11-21-19-23(12-22)18(25)17(26-19)8-14-4-3-7-20-10-14/h2-10H,11-12H2,1H3/b17-8-. The number of thiazole rings is 1. The predicted octanol–water partition coefficient (Wildman–Crippen LogP) is 1.39. The van der Waals surface area contributed by atoms with Crippen LogP contribution in [0.15, 0.2) is 58.6 Å². The largest absolute Gasteiger partial charge is 0.334 e. The summed E-state index contributed by atoms with van der Waals surface area (Å²) in [7, 11) is 0. The van der Waals surface area contributed by atoms with Gasteiger partial charge in [0.2, 0.25) is 0 Å². The molecule has 0 radical (unpaired) electrons. The zero-order valence-corrected chi connectivity index (χ0v) is 14.9. The topological polar surface area (TPSA) is 67.6 Å². The molecule has 1 aliphatic heterocycles. The Morgan fingerprint density at radius 1 is 1.27 bits per heavy atom. The van der Waals surface area contributed by atoms with Gasteiger partial charge in [-0.3, -0.25) is 19.1 Å². The molecule has 130 valence electrons. The Hall–Kier alpha value is -3.06. The van der Waals surface area contributed by atoms with Crippen LogP contribution < -0.4 is 19.8 Å². The Morgan fingerprint density at radius 2 is 2.15 bits per heavy atom. The molecule has 0 aliphatic carbocycles. The van der Waals surface area contributed by atoms with Gasteiger partial charge in [0, 0.05) is 23.6 Å². The summed E-state index contributed by atoms with van der Waals surface area (Å²) in [4.78, 5) is 35.6. The molecule has 1 aromatic carbocycles. The molecule has 4 rings (SSSR count). The van der Waals surface area contributed by atoms with E-state index in [2.05, 4.69) is 9.98 Å². The van der Waals surface area contributed by atoms with E-state index >= 15 is 0 Å². The van der Waals surface area contributed by atoms with E-state index in [0.717, 1.165) is 11.3 Å². The van der Waals surface area contributed by atoms with Crippen LogP contribution >= 0.6 is 11.3 Å². The van der Waals surface area contributed by atoms with Crippen LogP contribution in [0.25, 0.3) is 6.08 Å². The van der Waals surface area contributed by atoms with Crippen LogP contribution in [0.4, 0.5) is 5.69 Å². The Balaban J connectivity index is 1.70. The molecule has 3 aromatic rings. The van der Waals surface area contributed by atoms with Crippen LogP contribution in [-0.4, -0.2) is 22.0 Å². The third-order valence-corrected chi connectivity index (χ3v) is 5.22. The van der Waals surface area contributed by atoms with Crippen LogP contribution in [-0.2, 0) is 6.67 Å². The quantitative estimate of drug-likeness (QED) is 0.659. The van der Waals surface area contributed by atoms with Gasteiger partial charge < -0.3 is 4.90 Å². The molecule has 0 unspecified atom stereocenters. The normalized spacial score (nSPS) is 14.0. The third kappa shape index (κ3) is 3.09. The summed E-state index contributed by atoms with van der Waals surface area (Å²) in [5, 5.41) is 0. The van der Waals surface area contributed by atoms with Gasteiger partial charge in [-0.15, -0.1) is 0 Å². The maximum atomic E-state index is 12.8. The van der Waals surface area contributed by atoms with Crippen molar-refractivity contribution in [1.82, 2.24) is 9.55 Å². The van der Waals surface area contributed by atoms with Crippen molar-refractivity contribution in [3.63, 3.8) is 0 Å². The molecule has 0 amide bonds. The minimum Gasteiger partial charge on any atom is -0.334 e. The van der Waals surface area contributed by atoms with Gasteiger partial charge in [-0.05, 0) is 36.8 Å². The number of carbonyl (C=O) groups excluding carboxylic acids is 1. The van der Waals surface area contributed by atoms with E-state index in [1.807, 2.05) is 41.3 Å². The number of benzene rings is 1. The zero-order valence-electron chi connectivity index (χ0n) is 14.1. The lowest BCUT2D eigenvalue weighted by molar-refractivity contribution is 0.101. The summed E-state index contributed by atoms with van der Waals surface area (Å²) in [5.74, 6) is 0.0162. The Bertz CT molecular complexity index is 1150. The number of rotatable bonds is 3. The molecule has 26 heavy (non-hydrogen) atoms. The first-order chi connectivity index (χ1) is 12.6. The summed E-state index contributed by atoms with van der Waals surface area (Å²) in [5.41, 5.74) is 2.35. The van der Waals surface area contributed by atoms with Crippen LogP contribution in [0.2, 0.25) is 0 Å². The van der Waals surface area contributed by atoms with Gasteiger partial charge in [0.1, 0.15) is 13.3 Å². The number of fused-ring (bicyclic) bond motifs is 1. The lowest BCUT2D eigenvalue weighted by Crippen LogP contribution is -2.42. The lowest BCUT2D eigenvalue weighted by atomic mass is 10.1. The first kappa shape index (κ1) is 16.4. The zero-order chi connectivity index (χ0) is 18.1. The lowest BCUT2D eigenvalue weighted by Gasteiger charge is -2.25. The van der Waals surface area contributed by atoms with Crippen LogP contribution in [0.3, 0.4) is 0 Å². The highest BCUT2D eigenvalue weighted by molar-refractivity contribution is 7.07. The van der Waals surface area contributed by atoms with Crippen molar-refractivity contribution < 1.29 is 4.79 Å². The number of aromatic nitrogens is 2. The molecule has 2 aromatic heterocycles. The fourth-order valence-corrected chi connectivity index (χ4v) is 3.77. The van der Waals surface area contributed by atoms with Crippen molar-refractivity contribution >= 4 is 28.9 Å². The molecular formula is C19H16N4O2S. The fraction of sp³-hybridized carbons (Fsp3) is 0.158. The summed E-state index contributed by atoms with van der Waals surface area (Å²) in [6, 6.07) is 11.1. The van der Waals surface area contributed by atoms with Gasteiger partial charge in [0.25, 0.3) is 5.56 Å². The molecule has 0 saturated heterocycles. The molecule has 1 aliphatic rings. The smallest absolute Gasteiger partial charge is 0.271 e. The molecular weight excluding hydrogens is 348 g/mol. The SMILES string of the molecule is CC(=O)c1cccc(N2CN=c3s/c(=C\c4cccnc4)c(=O)n3C2)c1. The summed E-state index contributed by atoms with van der Waals surface area (Å²) in [6.07, 6.45) is 5.26. The maximum absolute atomic E-state index is 12.8. The highest BCUT2D eigenvalue weighted by atomic mass is 32.1. The number of ketones is 1. The number of hydrogen-bond donors (Lipinski definition) is 0. The van der Waals surface area contributed by atoms with Crippen molar-refractivity contribution in [1.29, 1.82) is 0 Å². The van der Waals surface area contributed by atoms with E-state index in [9.17, 15) is 9.59 Å². The minimum atomic E-state index is -0.0648. The van der Waals surface area contributed by atoms with E-state index in [0.29, 0.717) is 28.2 Å². The van der Waals surface area contributed by atoms with E-state index in [1.165, 1.54) is 11.3 Å². The van der Waals surface area contributed by atoms with Crippen molar-refractivity contribution in [3.8, 4) is 0 Å². The monoisotopic (exact) mass is 364 g/mol. The van der Waals surface area contributed by atoms with Gasteiger partial charge >= 0.3 is 0 Å². The number of nitrogens with zero attached hydrogens (tertiary/aromatic N) is 4. The Morgan fingerprint density at radius 3 is 2.92 bits per heavy atom. The van der Waals surface area contributed by atoms with E-state index in [-0.39, 0.29) is 11.3 Å². The predicted molar refractivity (Wildman–Crippen MR) is 101 cm³/mol. The van der Waals surface area contributed by atoms with E-state index in [1.54, 1.807) is 30.0 Å². The molecule has 0 atom stereocenters. The molecule has 3 heterocycles. The second-order valence-electron chi connectivity index (χ2n) is 6.00. The van der Waals surface area contributed by atoms with E-state index in [4.69, 9.17) is 0 Å². The summed E-state index contributed by atoms with van der Waals surface area (Å²) < 4.78 is 2.30. The molecule has 7 heteroatoms. The van der Waals surface area contributed by atoms with Crippen LogP contribution in [0, 0.1) is 0 Å². The molecule has 6 nitrogen and oxygen atoms in total. The first-order valence-electron chi connectivity index (χ1n) is 8.13. The highest BCUT2D eigenvalue weighted by Gasteiger charge is 2.16. The number of hydrogen-bond acceptors (Lipinski definition) is 6. The fourth-order valence-electron chi connectivity index (χ4n) is 2.81. The van der Waals surface area contributed by atoms with Crippen LogP contribution in [0.5, 0.6) is 0 Å². The molecule has 0 fully saturated rings. The first-order valence-corrected chi connectivity index (χ1v) is 8.95.